The molecule has 2 aliphatic heterocycles. The van der Waals surface area contributed by atoms with E-state index >= 15 is 0 Å². The number of β-lactam (4-membered cyclic amide) rings is 1. The summed E-state index contributed by atoms with van der Waals surface area (Å²) in [6.07, 6.45) is 2.08. The van der Waals surface area contributed by atoms with Crippen LogP contribution in [0, 0.1) is 0 Å². The van der Waals surface area contributed by atoms with Gasteiger partial charge in [0.25, 0.3) is 11.8 Å². The molecule has 4 heterocycles. The highest BCUT2D eigenvalue weighted by atomic mass is 32.2. The van der Waals surface area contributed by atoms with Crippen molar-refractivity contribution in [2.75, 3.05) is 17.2 Å². The van der Waals surface area contributed by atoms with Crippen LogP contribution in [0.3, 0.4) is 0 Å². The fraction of sp³-hybridized carbons (Fsp3) is 0.542. The van der Waals surface area contributed by atoms with E-state index in [9.17, 15) is 24.3 Å². The third-order valence-electron chi connectivity index (χ3n) is 6.61. The number of amides is 2. The van der Waals surface area contributed by atoms with Crippen LogP contribution < -0.4 is 11.1 Å². The summed E-state index contributed by atoms with van der Waals surface area (Å²) in [6.45, 7) is 5.22. The van der Waals surface area contributed by atoms with Crippen molar-refractivity contribution < 1.29 is 33.9 Å². The van der Waals surface area contributed by atoms with Crippen molar-refractivity contribution in [1.29, 1.82) is 0 Å². The summed E-state index contributed by atoms with van der Waals surface area (Å²) in [6, 6.07) is -1.04. The topological polar surface area (TPSA) is 212 Å². The fourth-order valence-corrected chi connectivity index (χ4v) is 8.08. The van der Waals surface area contributed by atoms with Gasteiger partial charge in [0.2, 0.25) is 17.1 Å². The third-order valence-corrected chi connectivity index (χ3v) is 10.4. The smallest absolute Gasteiger partial charge is 0.353 e. The normalized spacial score (nSPS) is 21.7. The van der Waals surface area contributed by atoms with Gasteiger partial charge in [-0.25, -0.2) is 9.59 Å². The number of ether oxygens (including phenoxy) is 1. The van der Waals surface area contributed by atoms with Crippen molar-refractivity contribution in [3.05, 3.63) is 22.6 Å². The second-order valence-electron chi connectivity index (χ2n) is 10.8. The van der Waals surface area contributed by atoms with Gasteiger partial charge >= 0.3 is 11.9 Å². The number of nitrogens with one attached hydrogen (secondary N) is 1. The Hall–Kier alpha value is -3.29. The Labute approximate surface area is 262 Å². The van der Waals surface area contributed by atoms with Gasteiger partial charge in [0.15, 0.2) is 9.47 Å². The van der Waals surface area contributed by atoms with Crippen molar-refractivity contribution in [1.82, 2.24) is 29.8 Å². The van der Waals surface area contributed by atoms with Crippen molar-refractivity contribution in [3.63, 3.8) is 0 Å². The largest absolute Gasteiger partial charge is 0.477 e. The lowest BCUT2D eigenvalue weighted by atomic mass is 10.0. The highest BCUT2D eigenvalue weighted by molar-refractivity contribution is 8.01. The van der Waals surface area contributed by atoms with E-state index in [0.717, 1.165) is 11.5 Å². The van der Waals surface area contributed by atoms with Gasteiger partial charge in [-0.3, -0.25) is 14.5 Å². The molecule has 2 unspecified atom stereocenters. The van der Waals surface area contributed by atoms with E-state index in [1.807, 2.05) is 0 Å². The quantitative estimate of drug-likeness (QED) is 0.108. The summed E-state index contributed by atoms with van der Waals surface area (Å²) in [5.74, 6) is -2.75. The number of hydrogen-bond acceptors (Lipinski definition) is 16. The van der Waals surface area contributed by atoms with Gasteiger partial charge in [-0.1, -0.05) is 28.3 Å². The van der Waals surface area contributed by atoms with Crippen LogP contribution in [0.2, 0.25) is 0 Å². The summed E-state index contributed by atoms with van der Waals surface area (Å²) in [7, 11) is 0. The van der Waals surface area contributed by atoms with E-state index in [4.69, 9.17) is 15.3 Å². The van der Waals surface area contributed by atoms with Crippen LogP contribution in [0.25, 0.3) is 0 Å². The van der Waals surface area contributed by atoms with Gasteiger partial charge in [-0.2, -0.15) is 9.36 Å². The molecule has 15 nitrogen and oxygen atoms in total. The molecule has 0 spiro atoms. The molecule has 230 valence electrons. The lowest BCUT2D eigenvalue weighted by Crippen LogP contribution is -2.71. The number of hydrogen-bond donors (Lipinski definition) is 3. The maximum absolute atomic E-state index is 13.5. The van der Waals surface area contributed by atoms with Gasteiger partial charge in [0.1, 0.15) is 28.2 Å². The van der Waals surface area contributed by atoms with Crippen LogP contribution in [0.4, 0.5) is 5.13 Å². The van der Waals surface area contributed by atoms with Gasteiger partial charge in [-0.15, -0.1) is 22.0 Å². The highest BCUT2D eigenvalue weighted by Crippen LogP contribution is 2.42. The Morgan fingerprint density at radius 1 is 1.30 bits per heavy atom. The highest BCUT2D eigenvalue weighted by Gasteiger charge is 2.54. The second kappa shape index (κ2) is 12.4. The Balaban J connectivity index is 1.34. The first-order valence-corrected chi connectivity index (χ1v) is 16.8. The lowest BCUT2D eigenvalue weighted by molar-refractivity contribution is -0.183. The van der Waals surface area contributed by atoms with Crippen LogP contribution in [0.1, 0.15) is 52.3 Å². The molecule has 0 radical (unpaired) electrons. The van der Waals surface area contributed by atoms with Crippen LogP contribution in [-0.4, -0.2) is 93.1 Å². The molecular formula is C24H28N8O7S4. The minimum atomic E-state index is -1.40. The molecule has 0 aromatic carbocycles. The van der Waals surface area contributed by atoms with Crippen LogP contribution in [0.15, 0.2) is 26.3 Å². The van der Waals surface area contributed by atoms with Gasteiger partial charge in [0.05, 0.1) is 0 Å². The maximum Gasteiger partial charge on any atom is 0.353 e. The molecule has 2 aromatic rings. The number of nitrogen functional groups attached to an aromatic ring is 1. The van der Waals surface area contributed by atoms with Crippen molar-refractivity contribution >= 4 is 81.0 Å². The Morgan fingerprint density at radius 3 is 2.65 bits per heavy atom. The number of carboxylic acids is 1. The van der Waals surface area contributed by atoms with E-state index < -0.39 is 46.4 Å². The second-order valence-corrected chi connectivity index (χ2v) is 14.7. The molecule has 43 heavy (non-hydrogen) atoms. The van der Waals surface area contributed by atoms with Crippen LogP contribution >= 0.6 is 46.4 Å². The molecule has 3 aliphatic rings. The number of anilines is 1. The first-order valence-electron chi connectivity index (χ1n) is 13.1. The summed E-state index contributed by atoms with van der Waals surface area (Å²) >= 11 is 4.83. The monoisotopic (exact) mass is 668 g/mol. The Morgan fingerprint density at radius 2 is 2.05 bits per heavy atom. The number of nitrogens with two attached hydrogens (primary N) is 1. The number of fused-ring (bicyclic) bond motifs is 1. The predicted molar refractivity (Wildman–Crippen MR) is 159 cm³/mol. The zero-order chi connectivity index (χ0) is 30.9. The molecule has 5 rings (SSSR count). The van der Waals surface area contributed by atoms with Gasteiger partial charge < -0.3 is 25.7 Å². The van der Waals surface area contributed by atoms with Crippen molar-refractivity contribution in [2.45, 2.75) is 73.4 Å². The van der Waals surface area contributed by atoms with Crippen LogP contribution in [0.5, 0.6) is 0 Å². The first kappa shape index (κ1) is 31.1. The number of rotatable bonds is 10. The SMILES string of the molecule is CC(C)(C)OC(=O)C1(O/N=C(/C(=O)NC2C(=O)N3C(C(=O)O)=C(CSc4nncs4)CSC23)c2nsc(N)n2)CCCC1. The fourth-order valence-electron chi connectivity index (χ4n) is 4.68. The van der Waals surface area contributed by atoms with E-state index in [0.29, 0.717) is 47.1 Å². The number of aromatic nitrogens is 4. The van der Waals surface area contributed by atoms with Crippen molar-refractivity contribution in [3.8, 4) is 0 Å². The number of esters is 1. The zero-order valence-corrected chi connectivity index (χ0v) is 26.5. The number of carbonyl (C=O) groups excluding carboxylic acids is 3. The van der Waals surface area contributed by atoms with Gasteiger partial charge in [-0.05, 0) is 39.2 Å². The molecule has 2 aromatic heterocycles. The predicted octanol–water partition coefficient (Wildman–Crippen LogP) is 1.88. The third kappa shape index (κ3) is 6.63. The van der Waals surface area contributed by atoms with Gasteiger partial charge in [0, 0.05) is 35.9 Å². The lowest BCUT2D eigenvalue weighted by Gasteiger charge is -2.49. The maximum atomic E-state index is 13.5. The minimum absolute atomic E-state index is 0.0714. The molecule has 1 saturated carbocycles. The van der Waals surface area contributed by atoms with Crippen LogP contribution in [-0.2, 0) is 28.8 Å². The molecule has 0 bridgehead atoms. The number of carboxylic acid groups (broad SMARTS) is 1. The average Bonchev–Trinajstić information content (AvgIpc) is 3.72. The number of aliphatic carboxylic acids is 1. The molecular weight excluding hydrogens is 641 g/mol. The molecule has 1 saturated heterocycles. The zero-order valence-electron chi connectivity index (χ0n) is 23.3. The first-order chi connectivity index (χ1) is 20.4. The Kier molecular flexibility index (Phi) is 8.96. The minimum Gasteiger partial charge on any atom is -0.477 e. The van der Waals surface area contributed by atoms with E-state index in [1.54, 1.807) is 26.3 Å². The number of nitrogens with zero attached hydrogens (tertiary/aromatic N) is 6. The molecule has 1 aliphatic carbocycles. The molecule has 19 heteroatoms. The molecule has 2 fully saturated rings. The van der Waals surface area contributed by atoms with E-state index in [-0.39, 0.29) is 22.4 Å². The number of thioether (sulfide) groups is 2. The average molecular weight is 669 g/mol. The van der Waals surface area contributed by atoms with E-state index in [1.165, 1.54) is 39.8 Å². The number of carbonyl (C=O) groups is 4. The summed E-state index contributed by atoms with van der Waals surface area (Å²) in [4.78, 5) is 63.0. The Bertz CT molecular complexity index is 1480. The van der Waals surface area contributed by atoms with Crippen molar-refractivity contribution in [2.24, 2.45) is 5.16 Å². The summed E-state index contributed by atoms with van der Waals surface area (Å²) in [5.41, 5.74) is 5.25. The molecule has 2 atom stereocenters. The molecule has 4 N–H and O–H groups in total. The molecule has 2 amide bonds. The standard InChI is InChI=1S/C24H28N8O7S4/c1-23(2,3)38-20(37)24(6-4-5-7-24)39-30-12(15-28-21(25)43-31-15)16(33)27-13-17(34)32-14(19(35)36)11(8-40-18(13)32)9-41-22-29-26-10-42-22/h10,13,18H,4-9H2,1-3H3,(H,27,33)(H,35,36)(H2,25,28,31)/b30-12+. The number of oxime groups is 1. The summed E-state index contributed by atoms with van der Waals surface area (Å²) < 4.78 is 10.3. The van der Waals surface area contributed by atoms with E-state index in [2.05, 4.69) is 30.0 Å². The summed E-state index contributed by atoms with van der Waals surface area (Å²) in [5, 5.41) is 23.8.